The molecule has 0 spiro atoms. The summed E-state index contributed by atoms with van der Waals surface area (Å²) < 4.78 is 2.09. The van der Waals surface area contributed by atoms with E-state index in [9.17, 15) is 5.11 Å². The molecule has 1 unspecified atom stereocenters. The zero-order valence-corrected chi connectivity index (χ0v) is 11.8. The van der Waals surface area contributed by atoms with Crippen molar-refractivity contribution in [2.45, 2.75) is 50.7 Å². The third-order valence-electron chi connectivity index (χ3n) is 4.12. The van der Waals surface area contributed by atoms with Gasteiger partial charge in [-0.25, -0.2) is 0 Å². The minimum Gasteiger partial charge on any atom is -0.392 e. The average Bonchev–Trinajstić information content (AvgIpc) is 3.10. The molecule has 2 aromatic rings. The van der Waals surface area contributed by atoms with Gasteiger partial charge in [0, 0.05) is 12.6 Å². The van der Waals surface area contributed by atoms with E-state index in [2.05, 4.69) is 28.1 Å². The lowest BCUT2D eigenvalue weighted by molar-refractivity contribution is 0.174. The molecule has 0 amide bonds. The number of aliphatic hydroxyl groups is 1. The number of rotatable bonds is 5. The molecule has 20 heavy (non-hydrogen) atoms. The summed E-state index contributed by atoms with van der Waals surface area (Å²) in [6.07, 6.45) is 8.16. The Bertz CT molecular complexity index is 529. The molecule has 3 rings (SSSR count). The van der Waals surface area contributed by atoms with Gasteiger partial charge in [-0.15, -0.1) is 0 Å². The Balaban J connectivity index is 1.57. The summed E-state index contributed by atoms with van der Waals surface area (Å²) in [5.74, 6) is 0. The van der Waals surface area contributed by atoms with Gasteiger partial charge in [0.25, 0.3) is 0 Å². The molecule has 1 heterocycles. The van der Waals surface area contributed by atoms with Crippen LogP contribution in [0.4, 0.5) is 0 Å². The van der Waals surface area contributed by atoms with Crippen molar-refractivity contribution in [1.82, 2.24) is 9.78 Å². The molecule has 3 heteroatoms. The maximum Gasteiger partial charge on any atom is 0.0650 e. The normalized spacial score (nSPS) is 17.4. The molecule has 1 aliphatic carbocycles. The highest BCUT2D eigenvalue weighted by Gasteiger charge is 2.18. The first-order valence-corrected chi connectivity index (χ1v) is 7.57. The highest BCUT2D eigenvalue weighted by Crippen LogP contribution is 2.28. The first-order valence-electron chi connectivity index (χ1n) is 7.57. The third kappa shape index (κ3) is 3.28. The summed E-state index contributed by atoms with van der Waals surface area (Å²) in [6.45, 7) is 0. The van der Waals surface area contributed by atoms with Crippen molar-refractivity contribution >= 4 is 0 Å². The Morgan fingerprint density at radius 2 is 1.85 bits per heavy atom. The molecule has 0 aliphatic heterocycles. The maximum atomic E-state index is 10.2. The van der Waals surface area contributed by atoms with E-state index in [1.54, 1.807) is 0 Å². The predicted molar refractivity (Wildman–Crippen MR) is 79.6 cm³/mol. The number of aliphatic hydroxyl groups excluding tert-OH is 1. The highest BCUT2D eigenvalue weighted by atomic mass is 16.3. The Morgan fingerprint density at radius 1 is 1.10 bits per heavy atom. The molecule has 1 fully saturated rings. The van der Waals surface area contributed by atoms with Crippen LogP contribution in [-0.4, -0.2) is 21.0 Å². The van der Waals surface area contributed by atoms with Gasteiger partial charge in [-0.1, -0.05) is 43.2 Å². The monoisotopic (exact) mass is 270 g/mol. The number of benzene rings is 1. The van der Waals surface area contributed by atoms with Gasteiger partial charge in [-0.05, 0) is 30.9 Å². The SMILES string of the molecule is OC(Cc1ccccc1)Cc1ccn(C2CCCC2)n1. The molecule has 106 valence electrons. The van der Waals surface area contributed by atoms with Crippen LogP contribution in [0.1, 0.15) is 43.0 Å². The Morgan fingerprint density at radius 3 is 2.60 bits per heavy atom. The summed E-state index contributed by atoms with van der Waals surface area (Å²) >= 11 is 0. The van der Waals surface area contributed by atoms with E-state index in [0.29, 0.717) is 18.9 Å². The molecule has 1 N–H and O–H groups in total. The van der Waals surface area contributed by atoms with Gasteiger partial charge in [0.05, 0.1) is 17.8 Å². The number of aromatic nitrogens is 2. The molecule has 1 aromatic carbocycles. The van der Waals surface area contributed by atoms with Crippen LogP contribution in [0.2, 0.25) is 0 Å². The first-order chi connectivity index (χ1) is 9.81. The van der Waals surface area contributed by atoms with Crippen LogP contribution >= 0.6 is 0 Å². The predicted octanol–water partition coefficient (Wildman–Crippen LogP) is 3.14. The van der Waals surface area contributed by atoms with E-state index in [4.69, 9.17) is 0 Å². The number of nitrogens with zero attached hydrogens (tertiary/aromatic N) is 2. The van der Waals surface area contributed by atoms with Crippen LogP contribution in [0.5, 0.6) is 0 Å². The van der Waals surface area contributed by atoms with E-state index >= 15 is 0 Å². The van der Waals surface area contributed by atoms with Gasteiger partial charge in [0.1, 0.15) is 0 Å². The Hall–Kier alpha value is -1.61. The lowest BCUT2D eigenvalue weighted by Crippen LogP contribution is -2.15. The van der Waals surface area contributed by atoms with Crippen molar-refractivity contribution in [3.63, 3.8) is 0 Å². The second-order valence-corrected chi connectivity index (χ2v) is 5.77. The second-order valence-electron chi connectivity index (χ2n) is 5.77. The van der Waals surface area contributed by atoms with Gasteiger partial charge >= 0.3 is 0 Å². The van der Waals surface area contributed by atoms with E-state index in [1.807, 2.05) is 24.3 Å². The van der Waals surface area contributed by atoms with Gasteiger partial charge in [-0.2, -0.15) is 5.10 Å². The van der Waals surface area contributed by atoms with Gasteiger partial charge in [0.2, 0.25) is 0 Å². The zero-order chi connectivity index (χ0) is 13.8. The topological polar surface area (TPSA) is 38.0 Å². The minimum atomic E-state index is -0.357. The summed E-state index contributed by atoms with van der Waals surface area (Å²) in [7, 11) is 0. The quantitative estimate of drug-likeness (QED) is 0.906. The fraction of sp³-hybridized carbons (Fsp3) is 0.471. The third-order valence-corrected chi connectivity index (χ3v) is 4.12. The van der Waals surface area contributed by atoms with Crippen LogP contribution in [0.25, 0.3) is 0 Å². The highest BCUT2D eigenvalue weighted by molar-refractivity contribution is 5.16. The van der Waals surface area contributed by atoms with Crippen molar-refractivity contribution in [2.75, 3.05) is 0 Å². The van der Waals surface area contributed by atoms with Crippen molar-refractivity contribution in [3.8, 4) is 0 Å². The zero-order valence-electron chi connectivity index (χ0n) is 11.8. The van der Waals surface area contributed by atoms with Gasteiger partial charge in [0.15, 0.2) is 0 Å². The Labute approximate surface area is 120 Å². The standard InChI is InChI=1S/C17H22N2O/c20-17(12-14-6-2-1-3-7-14)13-15-10-11-19(18-15)16-8-4-5-9-16/h1-3,6-7,10-11,16-17,20H,4-5,8-9,12-13H2. The van der Waals surface area contributed by atoms with Gasteiger partial charge in [-0.3, -0.25) is 4.68 Å². The molecule has 0 bridgehead atoms. The molecule has 0 radical (unpaired) electrons. The molecule has 1 aromatic heterocycles. The first kappa shape index (κ1) is 13.4. The van der Waals surface area contributed by atoms with Crippen LogP contribution in [0, 0.1) is 0 Å². The molecule has 1 aliphatic rings. The molecule has 1 atom stereocenters. The summed E-state index contributed by atoms with van der Waals surface area (Å²) in [6, 6.07) is 12.8. The lowest BCUT2D eigenvalue weighted by Gasteiger charge is -2.10. The average molecular weight is 270 g/mol. The molecule has 3 nitrogen and oxygen atoms in total. The largest absolute Gasteiger partial charge is 0.392 e. The van der Waals surface area contributed by atoms with Crippen LogP contribution < -0.4 is 0 Å². The van der Waals surface area contributed by atoms with Crippen LogP contribution in [0.15, 0.2) is 42.6 Å². The molecular formula is C17H22N2O. The second kappa shape index (κ2) is 6.23. The molecular weight excluding hydrogens is 248 g/mol. The van der Waals surface area contributed by atoms with Gasteiger partial charge < -0.3 is 5.11 Å². The number of hydrogen-bond acceptors (Lipinski definition) is 2. The fourth-order valence-electron chi connectivity index (χ4n) is 3.06. The van der Waals surface area contributed by atoms with E-state index in [0.717, 1.165) is 5.69 Å². The van der Waals surface area contributed by atoms with E-state index in [1.165, 1.54) is 31.2 Å². The molecule has 0 saturated heterocycles. The lowest BCUT2D eigenvalue weighted by atomic mass is 10.0. The maximum absolute atomic E-state index is 10.2. The minimum absolute atomic E-state index is 0.357. The summed E-state index contributed by atoms with van der Waals surface area (Å²) in [5, 5.41) is 14.8. The van der Waals surface area contributed by atoms with Crippen LogP contribution in [-0.2, 0) is 12.8 Å². The van der Waals surface area contributed by atoms with Crippen molar-refractivity contribution in [1.29, 1.82) is 0 Å². The smallest absolute Gasteiger partial charge is 0.0650 e. The van der Waals surface area contributed by atoms with Crippen molar-refractivity contribution in [3.05, 3.63) is 53.9 Å². The van der Waals surface area contributed by atoms with E-state index in [-0.39, 0.29) is 6.10 Å². The van der Waals surface area contributed by atoms with E-state index < -0.39 is 0 Å². The van der Waals surface area contributed by atoms with Crippen LogP contribution in [0.3, 0.4) is 0 Å². The number of hydrogen-bond donors (Lipinski definition) is 1. The summed E-state index contributed by atoms with van der Waals surface area (Å²) in [5.41, 5.74) is 2.18. The van der Waals surface area contributed by atoms with Crippen molar-refractivity contribution in [2.24, 2.45) is 0 Å². The van der Waals surface area contributed by atoms with Crippen molar-refractivity contribution < 1.29 is 5.11 Å². The Kier molecular flexibility index (Phi) is 4.16. The fourth-order valence-corrected chi connectivity index (χ4v) is 3.06. The summed E-state index contributed by atoms with van der Waals surface area (Å²) in [4.78, 5) is 0. The molecule has 1 saturated carbocycles.